The first-order valence-electron chi connectivity index (χ1n) is 14.0. The fourth-order valence-electron chi connectivity index (χ4n) is 3.80. The summed E-state index contributed by atoms with van der Waals surface area (Å²) in [6.45, 7) is 4.57. The van der Waals surface area contributed by atoms with Gasteiger partial charge in [0.25, 0.3) is 5.91 Å². The van der Waals surface area contributed by atoms with Crippen LogP contribution in [0.2, 0.25) is 0 Å². The Labute approximate surface area is 213 Å². The van der Waals surface area contributed by atoms with Crippen LogP contribution in [0.25, 0.3) is 10.9 Å². The predicted molar refractivity (Wildman–Crippen MR) is 137 cm³/mol. The number of piperazine rings is 1. The summed E-state index contributed by atoms with van der Waals surface area (Å²) in [7, 11) is 1.65. The maximum Gasteiger partial charge on any atom is 0.289 e. The SMILES string of the molecule is [2H]C1([2H])N(C(=O)c2ccco2)C([2H])(C)C(C)(C)N(c2nc(NC)c3cc(OCC)c(OC(C)C)cc3n2)C1([2H])[2H]. The van der Waals surface area contributed by atoms with E-state index < -0.39 is 30.5 Å². The number of hydrogen-bond donors (Lipinski definition) is 1. The zero-order valence-corrected chi connectivity index (χ0v) is 21.1. The van der Waals surface area contributed by atoms with Crippen LogP contribution in [0.1, 0.15) is 59.0 Å². The Kier molecular flexibility index (Phi) is 5.17. The summed E-state index contributed by atoms with van der Waals surface area (Å²) in [4.78, 5) is 24.3. The molecule has 1 atom stereocenters. The largest absolute Gasteiger partial charge is 0.490 e. The van der Waals surface area contributed by atoms with Crippen LogP contribution >= 0.6 is 0 Å². The third kappa shape index (κ3) is 4.59. The van der Waals surface area contributed by atoms with Gasteiger partial charge in [0.2, 0.25) is 5.95 Å². The van der Waals surface area contributed by atoms with Crippen LogP contribution in [0.5, 0.6) is 11.5 Å². The number of carbonyl (C=O) groups is 1. The van der Waals surface area contributed by atoms with Crippen molar-refractivity contribution in [3.63, 3.8) is 0 Å². The van der Waals surface area contributed by atoms with Gasteiger partial charge in [0, 0.05) is 31.5 Å². The summed E-state index contributed by atoms with van der Waals surface area (Å²) >= 11 is 0. The van der Waals surface area contributed by atoms with E-state index in [9.17, 15) is 6.17 Å². The molecule has 3 aromatic rings. The molecule has 1 aliphatic rings. The number of fused-ring (bicyclic) bond motifs is 1. The van der Waals surface area contributed by atoms with Gasteiger partial charge in [-0.2, -0.15) is 4.98 Å². The van der Waals surface area contributed by atoms with Crippen LogP contribution in [0.3, 0.4) is 0 Å². The summed E-state index contributed by atoms with van der Waals surface area (Å²) < 4.78 is 62.0. The number of benzene rings is 1. The van der Waals surface area contributed by atoms with Crippen LogP contribution in [-0.4, -0.2) is 65.1 Å². The number of nitrogens with one attached hydrogen (secondary N) is 1. The molecule has 1 saturated heterocycles. The van der Waals surface area contributed by atoms with Gasteiger partial charge in [-0.15, -0.1) is 0 Å². The van der Waals surface area contributed by atoms with Gasteiger partial charge in [0.15, 0.2) is 17.3 Å². The van der Waals surface area contributed by atoms with E-state index in [0.29, 0.717) is 39.7 Å². The highest BCUT2D eigenvalue weighted by atomic mass is 16.5. The summed E-state index contributed by atoms with van der Waals surface area (Å²) in [5.41, 5.74) is -1.16. The number of aromatic nitrogens is 2. The number of ether oxygens (including phenoxy) is 2. The van der Waals surface area contributed by atoms with E-state index in [4.69, 9.17) is 19.4 Å². The molecule has 4 rings (SSSR count). The van der Waals surface area contributed by atoms with Crippen molar-refractivity contribution in [2.75, 3.05) is 36.9 Å². The van der Waals surface area contributed by atoms with Gasteiger partial charge >= 0.3 is 0 Å². The lowest BCUT2D eigenvalue weighted by molar-refractivity contribution is 0.0516. The van der Waals surface area contributed by atoms with E-state index >= 15 is 0 Å². The molecule has 35 heavy (non-hydrogen) atoms. The first-order chi connectivity index (χ1) is 18.5. The van der Waals surface area contributed by atoms with E-state index in [2.05, 4.69) is 15.3 Å². The highest BCUT2D eigenvalue weighted by molar-refractivity contribution is 5.93. The minimum absolute atomic E-state index is 0.161. The molecule has 0 bridgehead atoms. The molecule has 9 nitrogen and oxygen atoms in total. The second kappa shape index (κ2) is 9.64. The first kappa shape index (κ1) is 18.8. The minimum atomic E-state index is -3.01. The smallest absolute Gasteiger partial charge is 0.289 e. The van der Waals surface area contributed by atoms with Crippen LogP contribution in [0.15, 0.2) is 34.9 Å². The Balaban J connectivity index is 1.95. The summed E-state index contributed by atoms with van der Waals surface area (Å²) in [6.07, 6.45) is 1.10. The van der Waals surface area contributed by atoms with E-state index in [1.807, 2.05) is 20.8 Å². The molecule has 0 spiro atoms. The average Bonchev–Trinajstić information content (AvgIpc) is 3.38. The monoisotopic (exact) mass is 486 g/mol. The molecule has 0 saturated carbocycles. The van der Waals surface area contributed by atoms with E-state index in [1.54, 1.807) is 33.0 Å². The van der Waals surface area contributed by atoms with Crippen molar-refractivity contribution < 1.29 is 25.5 Å². The molecule has 3 heterocycles. The average molecular weight is 487 g/mol. The molecule has 0 radical (unpaired) electrons. The molecular weight excluding hydrogens is 446 g/mol. The number of amides is 1. The van der Waals surface area contributed by atoms with Crippen molar-refractivity contribution in [1.82, 2.24) is 14.9 Å². The molecule has 9 heteroatoms. The van der Waals surface area contributed by atoms with Gasteiger partial charge in [0.1, 0.15) is 5.82 Å². The van der Waals surface area contributed by atoms with Crippen LogP contribution in [-0.2, 0) is 0 Å². The predicted octanol–water partition coefficient (Wildman–Crippen LogP) is 4.58. The lowest BCUT2D eigenvalue weighted by Crippen LogP contribution is -2.66. The second-order valence-electron chi connectivity index (χ2n) is 8.86. The number of rotatable bonds is 7. The molecule has 1 N–H and O–H groups in total. The molecular formula is C26H35N5O4. The number of carbonyl (C=O) groups excluding carboxylic acids is 1. The van der Waals surface area contributed by atoms with Crippen LogP contribution in [0, 0.1) is 0 Å². The Morgan fingerprint density at radius 2 is 2.11 bits per heavy atom. The molecule has 1 aliphatic heterocycles. The molecule has 2 aromatic heterocycles. The lowest BCUT2D eigenvalue weighted by atomic mass is 9.89. The third-order valence-corrected chi connectivity index (χ3v) is 5.84. The fraction of sp³-hybridized carbons (Fsp3) is 0.500. The van der Waals surface area contributed by atoms with Gasteiger partial charge in [-0.05, 0) is 59.7 Å². The normalized spacial score (nSPS) is 24.7. The standard InChI is InChI=1S/C26H35N5O4/c1-8-33-21-14-18-19(15-22(21)35-16(2)3)28-25(29-23(18)27-7)31-12-11-30(17(4)26(31,5)6)24(32)20-10-9-13-34-20/h9-10,13-17H,8,11-12H2,1-7H3,(H,27,28,29)/i11D2,12D2,17D. The maximum atomic E-state index is 13.4. The van der Waals surface area contributed by atoms with Crippen molar-refractivity contribution in [3.05, 3.63) is 36.3 Å². The number of hydrogen-bond acceptors (Lipinski definition) is 8. The Bertz CT molecular complexity index is 1380. The third-order valence-electron chi connectivity index (χ3n) is 5.84. The minimum Gasteiger partial charge on any atom is -0.490 e. The molecule has 0 aliphatic carbocycles. The quantitative estimate of drug-likeness (QED) is 0.519. The maximum absolute atomic E-state index is 13.4. The highest BCUT2D eigenvalue weighted by Gasteiger charge is 2.44. The van der Waals surface area contributed by atoms with Crippen molar-refractivity contribution >= 4 is 28.6 Å². The fourth-order valence-corrected chi connectivity index (χ4v) is 3.80. The second-order valence-corrected chi connectivity index (χ2v) is 8.86. The Morgan fingerprint density at radius 3 is 2.74 bits per heavy atom. The van der Waals surface area contributed by atoms with Gasteiger partial charge < -0.3 is 29.0 Å². The zero-order valence-electron chi connectivity index (χ0n) is 26.1. The van der Waals surface area contributed by atoms with Gasteiger partial charge in [-0.25, -0.2) is 4.98 Å². The number of furan rings is 1. The summed E-state index contributed by atoms with van der Waals surface area (Å²) in [5, 5.41) is 3.58. The molecule has 1 aromatic carbocycles. The lowest BCUT2D eigenvalue weighted by Gasteiger charge is -2.51. The molecule has 1 amide bonds. The van der Waals surface area contributed by atoms with E-state index in [-0.39, 0.29) is 17.8 Å². The molecule has 1 unspecified atom stereocenters. The number of anilines is 2. The number of nitrogens with zero attached hydrogens (tertiary/aromatic N) is 4. The van der Waals surface area contributed by atoms with Crippen LogP contribution in [0.4, 0.5) is 11.8 Å². The van der Waals surface area contributed by atoms with Crippen molar-refractivity contribution in [1.29, 1.82) is 0 Å². The molecule has 1 fully saturated rings. The van der Waals surface area contributed by atoms with Crippen LogP contribution < -0.4 is 19.7 Å². The summed E-state index contributed by atoms with van der Waals surface area (Å²) in [5.74, 6) is -0.0490. The summed E-state index contributed by atoms with van der Waals surface area (Å²) in [6, 6.07) is 4.20. The van der Waals surface area contributed by atoms with Gasteiger partial charge in [0.05, 0.1) is 42.9 Å². The van der Waals surface area contributed by atoms with Gasteiger partial charge in [-0.1, -0.05) is 0 Å². The topological polar surface area (TPSA) is 93.0 Å². The molecule has 188 valence electrons. The van der Waals surface area contributed by atoms with Crippen molar-refractivity contribution in [3.8, 4) is 11.5 Å². The first-order valence-corrected chi connectivity index (χ1v) is 11.5. The Hall–Kier alpha value is -3.49. The zero-order chi connectivity index (χ0) is 29.8. The van der Waals surface area contributed by atoms with Crippen molar-refractivity contribution in [2.24, 2.45) is 0 Å². The highest BCUT2D eigenvalue weighted by Crippen LogP contribution is 2.38. The van der Waals surface area contributed by atoms with Crippen molar-refractivity contribution in [2.45, 2.75) is 59.2 Å². The van der Waals surface area contributed by atoms with E-state index in [0.717, 1.165) is 4.90 Å². The van der Waals surface area contributed by atoms with E-state index in [1.165, 1.54) is 25.3 Å². The Morgan fingerprint density at radius 1 is 1.34 bits per heavy atom. The van der Waals surface area contributed by atoms with Gasteiger partial charge in [-0.3, -0.25) is 4.79 Å².